The van der Waals surface area contributed by atoms with E-state index in [0.29, 0.717) is 29.5 Å². The van der Waals surface area contributed by atoms with Gasteiger partial charge in [-0.1, -0.05) is 60.1 Å². The van der Waals surface area contributed by atoms with Crippen LogP contribution >= 0.6 is 11.6 Å². The van der Waals surface area contributed by atoms with Crippen molar-refractivity contribution in [1.29, 1.82) is 0 Å². The summed E-state index contributed by atoms with van der Waals surface area (Å²) < 4.78 is 35.3. The van der Waals surface area contributed by atoms with Crippen LogP contribution in [0.25, 0.3) is 5.69 Å². The zero-order valence-electron chi connectivity index (χ0n) is 23.0. The SMILES string of the molecule is CN(C)c1ccc(CS(=O)(=O)N2CCN(c3cnn(-c4cccc(Cl)c4)c(=O)c3OCc3ccccc3)CC2)cc1. The van der Waals surface area contributed by atoms with Crippen molar-refractivity contribution in [2.75, 3.05) is 50.1 Å². The number of anilines is 2. The Kier molecular flexibility index (Phi) is 8.63. The van der Waals surface area contributed by atoms with E-state index in [1.165, 1.54) is 8.99 Å². The molecule has 1 aliphatic rings. The van der Waals surface area contributed by atoms with Crippen molar-refractivity contribution in [1.82, 2.24) is 14.1 Å². The average Bonchev–Trinajstić information content (AvgIpc) is 2.97. The summed E-state index contributed by atoms with van der Waals surface area (Å²) in [5.74, 6) is 0.0877. The summed E-state index contributed by atoms with van der Waals surface area (Å²) >= 11 is 6.16. The largest absolute Gasteiger partial charge is 0.481 e. The van der Waals surface area contributed by atoms with E-state index in [-0.39, 0.29) is 31.2 Å². The number of aromatic nitrogens is 2. The average molecular weight is 594 g/mol. The first-order chi connectivity index (χ1) is 19.7. The van der Waals surface area contributed by atoms with Crippen LogP contribution in [0.5, 0.6) is 5.75 Å². The summed E-state index contributed by atoms with van der Waals surface area (Å²) in [6.45, 7) is 1.55. The highest BCUT2D eigenvalue weighted by Crippen LogP contribution is 2.28. The molecule has 0 unspecified atom stereocenters. The van der Waals surface area contributed by atoms with E-state index >= 15 is 0 Å². The van der Waals surface area contributed by atoms with Gasteiger partial charge in [-0.15, -0.1) is 0 Å². The number of hydrogen-bond donors (Lipinski definition) is 0. The molecule has 0 saturated carbocycles. The first kappa shape index (κ1) is 28.7. The van der Waals surface area contributed by atoms with E-state index in [0.717, 1.165) is 16.8 Å². The highest BCUT2D eigenvalue weighted by atomic mass is 35.5. The number of piperazine rings is 1. The summed E-state index contributed by atoms with van der Waals surface area (Å²) in [6, 6.07) is 24.0. The van der Waals surface area contributed by atoms with Crippen LogP contribution in [0.15, 0.2) is 89.9 Å². The Hall–Kier alpha value is -3.86. The summed E-state index contributed by atoms with van der Waals surface area (Å²) in [7, 11) is 0.367. The van der Waals surface area contributed by atoms with Crippen LogP contribution in [0, 0.1) is 0 Å². The molecule has 0 spiro atoms. The van der Waals surface area contributed by atoms with Crippen molar-refractivity contribution in [3.8, 4) is 11.4 Å². The van der Waals surface area contributed by atoms with Crippen LogP contribution in [0.1, 0.15) is 11.1 Å². The van der Waals surface area contributed by atoms with E-state index in [4.69, 9.17) is 16.3 Å². The normalized spacial score (nSPS) is 14.2. The molecule has 9 nitrogen and oxygen atoms in total. The Balaban J connectivity index is 1.36. The minimum Gasteiger partial charge on any atom is -0.481 e. The predicted molar refractivity (Wildman–Crippen MR) is 163 cm³/mol. The van der Waals surface area contributed by atoms with Crippen LogP contribution in [-0.4, -0.2) is 62.8 Å². The highest BCUT2D eigenvalue weighted by Gasteiger charge is 2.29. The van der Waals surface area contributed by atoms with Gasteiger partial charge in [0.05, 0.1) is 17.6 Å². The number of halogens is 1. The molecule has 0 radical (unpaired) electrons. The fourth-order valence-electron chi connectivity index (χ4n) is 4.71. The summed E-state index contributed by atoms with van der Waals surface area (Å²) in [6.07, 6.45) is 1.60. The molecule has 0 bridgehead atoms. The van der Waals surface area contributed by atoms with Crippen LogP contribution in [0.4, 0.5) is 11.4 Å². The summed E-state index contributed by atoms with van der Waals surface area (Å²) in [4.78, 5) is 17.6. The van der Waals surface area contributed by atoms with Crippen LogP contribution in [-0.2, 0) is 22.4 Å². The first-order valence-electron chi connectivity index (χ1n) is 13.3. The summed E-state index contributed by atoms with van der Waals surface area (Å²) in [5, 5.41) is 4.90. The fraction of sp³-hybridized carbons (Fsp3) is 0.267. The molecule has 0 aliphatic carbocycles. The molecule has 1 saturated heterocycles. The molecule has 0 N–H and O–H groups in total. The topological polar surface area (TPSA) is 88.0 Å². The standard InChI is InChI=1S/C30H32ClN5O4S/c1-33(2)26-13-11-24(12-14-26)22-41(38,39)35-17-15-34(16-18-35)28-20-32-36(27-10-6-9-25(31)19-27)30(37)29(28)40-21-23-7-4-3-5-8-23/h3-14,19-20H,15-18,21-22H2,1-2H3. The van der Waals surface area contributed by atoms with Gasteiger partial charge >= 0.3 is 5.56 Å². The molecule has 2 heterocycles. The van der Waals surface area contributed by atoms with Crippen molar-refractivity contribution < 1.29 is 13.2 Å². The minimum atomic E-state index is -3.52. The van der Waals surface area contributed by atoms with Gasteiger partial charge < -0.3 is 14.5 Å². The Morgan fingerprint density at radius 2 is 1.61 bits per heavy atom. The second-order valence-corrected chi connectivity index (χ2v) is 12.4. The number of sulfonamides is 1. The van der Waals surface area contributed by atoms with E-state index in [9.17, 15) is 13.2 Å². The van der Waals surface area contributed by atoms with E-state index in [1.54, 1.807) is 30.5 Å². The Labute approximate surface area is 245 Å². The van der Waals surface area contributed by atoms with Gasteiger partial charge in [-0.2, -0.15) is 14.1 Å². The predicted octanol–water partition coefficient (Wildman–Crippen LogP) is 4.18. The van der Waals surface area contributed by atoms with Gasteiger partial charge in [0.2, 0.25) is 15.8 Å². The Bertz CT molecular complexity index is 1650. The quantitative estimate of drug-likeness (QED) is 0.288. The van der Waals surface area contributed by atoms with Gasteiger partial charge in [0.15, 0.2) is 0 Å². The third-order valence-electron chi connectivity index (χ3n) is 6.97. The van der Waals surface area contributed by atoms with Gasteiger partial charge in [0.1, 0.15) is 12.3 Å². The van der Waals surface area contributed by atoms with Crippen molar-refractivity contribution in [2.24, 2.45) is 0 Å². The van der Waals surface area contributed by atoms with Crippen molar-refractivity contribution >= 4 is 33.0 Å². The monoisotopic (exact) mass is 593 g/mol. The Morgan fingerprint density at radius 1 is 0.902 bits per heavy atom. The molecule has 1 aromatic heterocycles. The van der Waals surface area contributed by atoms with Gasteiger partial charge in [0, 0.05) is 51.0 Å². The van der Waals surface area contributed by atoms with Crippen LogP contribution in [0.2, 0.25) is 5.02 Å². The second-order valence-electron chi connectivity index (χ2n) is 10.0. The highest BCUT2D eigenvalue weighted by molar-refractivity contribution is 7.88. The van der Waals surface area contributed by atoms with Crippen molar-refractivity contribution in [3.63, 3.8) is 0 Å². The molecule has 1 aliphatic heterocycles. The maximum absolute atomic E-state index is 13.7. The smallest absolute Gasteiger partial charge is 0.316 e. The van der Waals surface area contributed by atoms with Gasteiger partial charge in [-0.25, -0.2) is 8.42 Å². The number of hydrogen-bond acceptors (Lipinski definition) is 7. The van der Waals surface area contributed by atoms with Crippen LogP contribution < -0.4 is 20.1 Å². The van der Waals surface area contributed by atoms with Crippen molar-refractivity contribution in [3.05, 3.63) is 112 Å². The molecular formula is C30H32ClN5O4S. The molecule has 1 fully saturated rings. The van der Waals surface area contributed by atoms with E-state index < -0.39 is 15.6 Å². The van der Waals surface area contributed by atoms with Crippen LogP contribution in [0.3, 0.4) is 0 Å². The maximum Gasteiger partial charge on any atom is 0.316 e. The lowest BCUT2D eigenvalue weighted by Crippen LogP contribution is -2.49. The maximum atomic E-state index is 13.7. The molecule has 41 heavy (non-hydrogen) atoms. The van der Waals surface area contributed by atoms with E-state index in [2.05, 4.69) is 5.10 Å². The molecule has 0 amide bonds. The second kappa shape index (κ2) is 12.3. The molecule has 4 aromatic rings. The zero-order chi connectivity index (χ0) is 29.0. The fourth-order valence-corrected chi connectivity index (χ4v) is 6.41. The number of nitrogens with zero attached hydrogens (tertiary/aromatic N) is 5. The molecule has 5 rings (SSSR count). The summed E-state index contributed by atoms with van der Waals surface area (Å²) in [5.41, 5.74) is 3.29. The number of ether oxygens (including phenoxy) is 1. The first-order valence-corrected chi connectivity index (χ1v) is 15.2. The lowest BCUT2D eigenvalue weighted by atomic mass is 10.2. The molecular weight excluding hydrogens is 562 g/mol. The number of rotatable bonds is 9. The van der Waals surface area contributed by atoms with E-state index in [1.807, 2.05) is 78.5 Å². The van der Waals surface area contributed by atoms with Crippen molar-refractivity contribution in [2.45, 2.75) is 12.4 Å². The molecule has 0 atom stereocenters. The minimum absolute atomic E-state index is 0.0661. The third kappa shape index (κ3) is 6.73. The van der Waals surface area contributed by atoms with Gasteiger partial charge in [0.25, 0.3) is 0 Å². The lowest BCUT2D eigenvalue weighted by Gasteiger charge is -2.35. The van der Waals surface area contributed by atoms with Gasteiger partial charge in [-0.3, -0.25) is 4.79 Å². The molecule has 214 valence electrons. The Morgan fingerprint density at radius 3 is 2.27 bits per heavy atom. The lowest BCUT2D eigenvalue weighted by molar-refractivity contribution is 0.297. The zero-order valence-corrected chi connectivity index (χ0v) is 24.6. The molecule has 3 aromatic carbocycles. The third-order valence-corrected chi connectivity index (χ3v) is 9.05. The number of benzene rings is 3. The van der Waals surface area contributed by atoms with Gasteiger partial charge in [-0.05, 0) is 41.5 Å². The molecule has 11 heteroatoms.